The third kappa shape index (κ3) is 4.28. The smallest absolute Gasteiger partial charge is 0.277 e. The second-order valence-corrected chi connectivity index (χ2v) is 6.29. The molecule has 0 radical (unpaired) electrons. The molecule has 0 heterocycles. The van der Waals surface area contributed by atoms with Gasteiger partial charge in [0.15, 0.2) is 0 Å². The summed E-state index contributed by atoms with van der Waals surface area (Å²) in [5.41, 5.74) is 2.57. The second kappa shape index (κ2) is 7.40. The first-order valence-corrected chi connectivity index (χ1v) is 7.93. The highest BCUT2D eigenvalue weighted by Crippen LogP contribution is 2.35. The van der Waals surface area contributed by atoms with Crippen LogP contribution in [0.2, 0.25) is 20.1 Å². The van der Waals surface area contributed by atoms with Gasteiger partial charge in [0, 0.05) is 5.56 Å². The van der Waals surface area contributed by atoms with Crippen molar-refractivity contribution >= 4 is 57.8 Å². The molecule has 0 saturated carbocycles. The molecule has 9 heteroatoms. The molecule has 0 atom stereocenters. The summed E-state index contributed by atoms with van der Waals surface area (Å²) in [5.74, 6) is 0. The largest absolute Gasteiger partial charge is 0.416 e. The molecule has 0 spiro atoms. The fourth-order valence-corrected chi connectivity index (χ4v) is 2.63. The lowest BCUT2D eigenvalue weighted by Gasteiger charge is -2.11. The molecule has 2 aromatic rings. The minimum absolute atomic E-state index is 0.0158. The second-order valence-electron chi connectivity index (χ2n) is 4.72. The first-order valence-electron chi connectivity index (χ1n) is 6.42. The summed E-state index contributed by atoms with van der Waals surface area (Å²) in [4.78, 5) is 0. The summed E-state index contributed by atoms with van der Waals surface area (Å²) in [6.45, 7) is 1.61. The number of hydrazone groups is 1. The van der Waals surface area contributed by atoms with Crippen LogP contribution in [0.3, 0.4) is 0 Å². The molecule has 0 aliphatic carbocycles. The molecular weight excluding hydrogens is 407 g/mol. The van der Waals surface area contributed by atoms with Crippen LogP contribution in [-0.2, 0) is 6.18 Å². The lowest BCUT2D eigenvalue weighted by atomic mass is 10.1. The molecule has 0 saturated heterocycles. The number of hydrogen-bond donors (Lipinski definition) is 1. The van der Waals surface area contributed by atoms with Crippen LogP contribution < -0.4 is 5.43 Å². The van der Waals surface area contributed by atoms with E-state index in [9.17, 15) is 13.2 Å². The number of anilines is 1. The van der Waals surface area contributed by atoms with Crippen LogP contribution in [0.1, 0.15) is 18.1 Å². The molecular formula is C15H9Cl4F3N2. The number of rotatable bonds is 3. The third-order valence-electron chi connectivity index (χ3n) is 3.06. The van der Waals surface area contributed by atoms with E-state index < -0.39 is 11.7 Å². The Labute approximate surface area is 156 Å². The Kier molecular flexibility index (Phi) is 5.91. The summed E-state index contributed by atoms with van der Waals surface area (Å²) < 4.78 is 38.2. The van der Waals surface area contributed by atoms with Gasteiger partial charge >= 0.3 is 6.18 Å². The van der Waals surface area contributed by atoms with Gasteiger partial charge in [0.05, 0.1) is 37.1 Å². The fraction of sp³-hybridized carbons (Fsp3) is 0.133. The predicted octanol–water partition coefficient (Wildman–Crippen LogP) is 7.16. The first-order chi connectivity index (χ1) is 11.1. The van der Waals surface area contributed by atoms with E-state index in [2.05, 4.69) is 10.5 Å². The van der Waals surface area contributed by atoms with Gasteiger partial charge in [0.25, 0.3) is 0 Å². The number of alkyl halides is 3. The highest BCUT2D eigenvalue weighted by Gasteiger charge is 2.30. The van der Waals surface area contributed by atoms with Crippen molar-refractivity contribution in [2.24, 2.45) is 5.10 Å². The average molecular weight is 416 g/mol. The van der Waals surface area contributed by atoms with Crippen molar-refractivity contribution in [3.05, 3.63) is 61.5 Å². The van der Waals surface area contributed by atoms with Crippen LogP contribution in [0, 0.1) is 0 Å². The third-order valence-corrected chi connectivity index (χ3v) is 4.69. The maximum atomic E-state index is 12.7. The highest BCUT2D eigenvalue weighted by atomic mass is 35.5. The molecule has 0 fully saturated rings. The quantitative estimate of drug-likeness (QED) is 0.321. The van der Waals surface area contributed by atoms with E-state index in [4.69, 9.17) is 46.4 Å². The van der Waals surface area contributed by atoms with Gasteiger partial charge in [-0.2, -0.15) is 18.3 Å². The van der Waals surface area contributed by atoms with Gasteiger partial charge < -0.3 is 0 Å². The molecule has 0 unspecified atom stereocenters. The molecule has 0 aliphatic rings. The van der Waals surface area contributed by atoms with E-state index in [1.807, 2.05) is 0 Å². The zero-order chi connectivity index (χ0) is 18.1. The van der Waals surface area contributed by atoms with Gasteiger partial charge in [-0.3, -0.25) is 5.43 Å². The lowest BCUT2D eigenvalue weighted by Crippen LogP contribution is -2.06. The van der Waals surface area contributed by atoms with Crippen molar-refractivity contribution in [2.75, 3.05) is 5.43 Å². The molecule has 128 valence electrons. The van der Waals surface area contributed by atoms with E-state index in [1.165, 1.54) is 0 Å². The van der Waals surface area contributed by atoms with E-state index in [0.717, 1.165) is 18.2 Å². The number of nitrogens with one attached hydrogen (secondary N) is 1. The monoisotopic (exact) mass is 414 g/mol. The zero-order valence-corrected chi connectivity index (χ0v) is 15.0. The minimum atomic E-state index is -4.48. The van der Waals surface area contributed by atoms with Crippen LogP contribution in [0.25, 0.3) is 0 Å². The molecule has 2 aromatic carbocycles. The Balaban J connectivity index is 2.32. The van der Waals surface area contributed by atoms with Crippen LogP contribution in [0.4, 0.5) is 18.9 Å². The summed E-state index contributed by atoms with van der Waals surface area (Å²) >= 11 is 23.8. The molecule has 0 aliphatic heterocycles. The summed E-state index contributed by atoms with van der Waals surface area (Å²) in [6, 6.07) is 6.05. The maximum Gasteiger partial charge on any atom is 0.416 e. The van der Waals surface area contributed by atoms with Crippen LogP contribution in [-0.4, -0.2) is 5.71 Å². The minimum Gasteiger partial charge on any atom is -0.277 e. The zero-order valence-electron chi connectivity index (χ0n) is 12.0. The number of halogens is 7. The molecule has 0 aromatic heterocycles. The molecule has 2 nitrogen and oxygen atoms in total. The normalized spacial score (nSPS) is 12.4. The van der Waals surface area contributed by atoms with Crippen molar-refractivity contribution in [3.63, 3.8) is 0 Å². The molecule has 0 bridgehead atoms. The molecule has 0 amide bonds. The topological polar surface area (TPSA) is 24.4 Å². The van der Waals surface area contributed by atoms with Crippen LogP contribution in [0.15, 0.2) is 35.4 Å². The summed E-state index contributed by atoms with van der Waals surface area (Å²) in [5, 5.41) is 4.76. The van der Waals surface area contributed by atoms with Gasteiger partial charge in [-0.15, -0.1) is 0 Å². The first kappa shape index (κ1) is 19.2. The maximum absolute atomic E-state index is 12.7. The van der Waals surface area contributed by atoms with Crippen LogP contribution in [0.5, 0.6) is 0 Å². The Hall–Kier alpha value is -1.14. The lowest BCUT2D eigenvalue weighted by molar-refractivity contribution is -0.137. The van der Waals surface area contributed by atoms with E-state index in [-0.39, 0.29) is 25.8 Å². The summed E-state index contributed by atoms with van der Waals surface area (Å²) in [7, 11) is 0. The summed E-state index contributed by atoms with van der Waals surface area (Å²) in [6.07, 6.45) is -4.48. The number of benzene rings is 2. The molecule has 1 N–H and O–H groups in total. The van der Waals surface area contributed by atoms with Crippen molar-refractivity contribution < 1.29 is 13.2 Å². The van der Waals surface area contributed by atoms with Gasteiger partial charge in [0.1, 0.15) is 0 Å². The number of nitrogens with zero attached hydrogens (tertiary/aromatic N) is 1. The van der Waals surface area contributed by atoms with Crippen molar-refractivity contribution in [1.29, 1.82) is 0 Å². The van der Waals surface area contributed by atoms with Crippen molar-refractivity contribution in [1.82, 2.24) is 0 Å². The van der Waals surface area contributed by atoms with Crippen LogP contribution >= 0.6 is 46.4 Å². The average Bonchev–Trinajstić information content (AvgIpc) is 2.50. The fourth-order valence-electron chi connectivity index (χ4n) is 1.80. The standard InChI is InChI=1S/C15H9Cl4F3N2/c1-7(9-3-5-11(17)14(19)13(9)18)23-24-12-6-8(15(20,21)22)2-4-10(12)16/h2-6,24H,1H3/b23-7+. The van der Waals surface area contributed by atoms with Gasteiger partial charge in [-0.25, -0.2) is 0 Å². The Morgan fingerprint density at radius 1 is 0.958 bits per heavy atom. The Bertz CT molecular complexity index is 804. The van der Waals surface area contributed by atoms with Crippen molar-refractivity contribution in [3.8, 4) is 0 Å². The van der Waals surface area contributed by atoms with Crippen molar-refractivity contribution in [2.45, 2.75) is 13.1 Å². The predicted molar refractivity (Wildman–Crippen MR) is 93.8 cm³/mol. The van der Waals surface area contributed by atoms with Gasteiger partial charge in [-0.1, -0.05) is 52.5 Å². The Morgan fingerprint density at radius 3 is 2.21 bits per heavy atom. The van der Waals surface area contributed by atoms with E-state index >= 15 is 0 Å². The van der Waals surface area contributed by atoms with E-state index in [0.29, 0.717) is 11.3 Å². The van der Waals surface area contributed by atoms with Gasteiger partial charge in [0.2, 0.25) is 0 Å². The van der Waals surface area contributed by atoms with Gasteiger partial charge in [-0.05, 0) is 31.2 Å². The molecule has 2 rings (SSSR count). The number of hydrogen-bond acceptors (Lipinski definition) is 2. The van der Waals surface area contributed by atoms with E-state index in [1.54, 1.807) is 19.1 Å². The SMILES string of the molecule is C/C(=N\Nc1cc(C(F)(F)F)ccc1Cl)c1ccc(Cl)c(Cl)c1Cl. The Morgan fingerprint density at radius 2 is 1.58 bits per heavy atom. The molecule has 24 heavy (non-hydrogen) atoms. The highest BCUT2D eigenvalue weighted by molar-refractivity contribution is 6.49.